The Kier molecular flexibility index (Phi) is 27.3. The van der Waals surface area contributed by atoms with Gasteiger partial charge >= 0.3 is 42.0 Å². The second kappa shape index (κ2) is 39.1. The van der Waals surface area contributed by atoms with Gasteiger partial charge in [0.05, 0.1) is 85.9 Å². The SMILES string of the molecule is C[C@@H]1CN(C(=O)c2ccccc2)CCN1C(=O)C(=O)c1c[nH]c2c(NC(=O)Nc3ccccc3C(=O)O)cccc12.[C-]#[N+]C(=C1CCN(C(=O)C(=O)c2c[nH]c3c(NC(=O)NC(CCC(=O)O)C(=O)O)cccc23)CC1)c1ccccc1.[C-]#[N+]C(=C1CCN(C(=O)C(=O)c2c[nH]c3c(NC(=O)Nc4ccccc4C(=O)O)cccc23)CC1)c1ccccc1. The number of urea groups is 3. The number of nitrogens with one attached hydrogen (secondary N) is 9. The molecule has 0 saturated carbocycles. The second-order valence-corrected chi connectivity index (χ2v) is 28.5. The van der Waals surface area contributed by atoms with Crippen LogP contribution >= 0.6 is 0 Å². The van der Waals surface area contributed by atoms with Gasteiger partial charge in [-0.2, -0.15) is 0 Å². The van der Waals surface area contributed by atoms with Gasteiger partial charge in [-0.1, -0.05) is 151 Å². The number of ketones is 3. The van der Waals surface area contributed by atoms with E-state index >= 15 is 0 Å². The lowest BCUT2D eigenvalue weighted by Gasteiger charge is -2.39. The molecule has 0 bridgehead atoms. The van der Waals surface area contributed by atoms with Crippen LogP contribution in [0.2, 0.25) is 0 Å². The third-order valence-corrected chi connectivity index (χ3v) is 20.8. The Hall–Kier alpha value is -16.6. The van der Waals surface area contributed by atoms with Gasteiger partial charge in [-0.05, 0) is 105 Å². The average molecular weight is 1660 g/mol. The van der Waals surface area contributed by atoms with Crippen molar-refractivity contribution in [2.24, 2.45) is 0 Å². The van der Waals surface area contributed by atoms with Crippen LogP contribution in [-0.4, -0.2) is 196 Å². The Labute approximate surface area is 700 Å². The van der Waals surface area contributed by atoms with E-state index in [1.165, 1.54) is 63.6 Å². The average Bonchev–Trinajstić information content (AvgIpc) is 1.67. The van der Waals surface area contributed by atoms with E-state index in [4.69, 9.17) is 18.3 Å². The number of aromatic nitrogens is 3. The Bertz CT molecular complexity index is 6160. The molecule has 13 N–H and O–H groups in total. The summed E-state index contributed by atoms with van der Waals surface area (Å²) in [5.74, 6) is -9.13. The summed E-state index contributed by atoms with van der Waals surface area (Å²) < 4.78 is 0. The van der Waals surface area contributed by atoms with Crippen molar-refractivity contribution in [3.63, 3.8) is 0 Å². The van der Waals surface area contributed by atoms with Gasteiger partial charge < -0.3 is 86.9 Å². The molecule has 3 aliphatic heterocycles. The van der Waals surface area contributed by atoms with Crippen LogP contribution in [0.5, 0.6) is 0 Å². The summed E-state index contributed by atoms with van der Waals surface area (Å²) in [6.07, 6.45) is 5.47. The molecule has 33 heteroatoms. The molecule has 0 aliphatic carbocycles. The minimum absolute atomic E-state index is 0.0576. The fraction of sp³-hybridized carbons (Fsp3) is 0.178. The summed E-state index contributed by atoms with van der Waals surface area (Å²) in [4.78, 5) is 197. The number of fused-ring (bicyclic) bond motifs is 3. The van der Waals surface area contributed by atoms with Crippen molar-refractivity contribution in [2.45, 2.75) is 57.5 Å². The minimum Gasteiger partial charge on any atom is -0.481 e. The number of aromatic carboxylic acids is 2. The fourth-order valence-electron chi connectivity index (χ4n) is 14.6. The van der Waals surface area contributed by atoms with Crippen LogP contribution < -0.4 is 31.9 Å². The monoisotopic (exact) mass is 1660 g/mol. The normalized spacial score (nSPS) is 13.8. The van der Waals surface area contributed by atoms with Crippen molar-refractivity contribution in [1.82, 2.24) is 39.9 Å². The summed E-state index contributed by atoms with van der Waals surface area (Å²) in [6.45, 7) is 19.1. The summed E-state index contributed by atoms with van der Waals surface area (Å²) in [5.41, 5.74) is 8.02. The Balaban J connectivity index is 0.000000168. The molecule has 11 aromatic rings. The summed E-state index contributed by atoms with van der Waals surface area (Å²) in [5, 5.41) is 53.2. The van der Waals surface area contributed by atoms with Crippen molar-refractivity contribution in [2.75, 3.05) is 72.4 Å². The highest BCUT2D eigenvalue weighted by molar-refractivity contribution is 6.46. The van der Waals surface area contributed by atoms with Crippen molar-refractivity contribution in [1.29, 1.82) is 0 Å². The molecular formula is C90H79N15O18. The molecule has 0 spiro atoms. The maximum atomic E-state index is 13.3. The molecule has 3 saturated heterocycles. The molecule has 622 valence electrons. The zero-order chi connectivity index (χ0) is 87.5. The molecule has 3 aromatic heterocycles. The molecule has 3 aliphatic rings. The number of nitrogens with zero attached hydrogens (tertiary/aromatic N) is 6. The van der Waals surface area contributed by atoms with Gasteiger partial charge in [0.25, 0.3) is 41.0 Å². The van der Waals surface area contributed by atoms with E-state index < -0.39 is 89.5 Å². The Morgan fingerprint density at radius 1 is 0.398 bits per heavy atom. The van der Waals surface area contributed by atoms with Crippen LogP contribution in [0.25, 0.3) is 53.8 Å². The van der Waals surface area contributed by atoms with Crippen LogP contribution in [0, 0.1) is 13.1 Å². The number of carboxylic acids is 4. The van der Waals surface area contributed by atoms with Crippen molar-refractivity contribution in [3.05, 3.63) is 291 Å². The number of Topliss-reactive ketones (excluding diaryl/α,β-unsaturated/α-hetero) is 3. The zero-order valence-electron chi connectivity index (χ0n) is 65.7. The molecule has 1 unspecified atom stereocenters. The molecule has 6 heterocycles. The van der Waals surface area contributed by atoms with Gasteiger partial charge in [-0.3, -0.25) is 38.4 Å². The number of piperazine rings is 1. The van der Waals surface area contributed by atoms with Crippen LogP contribution in [0.4, 0.5) is 42.8 Å². The number of para-hydroxylation sites is 5. The Morgan fingerprint density at radius 2 is 0.748 bits per heavy atom. The number of hydrogen-bond acceptors (Lipinski definition) is 14. The first-order valence-corrected chi connectivity index (χ1v) is 38.6. The molecule has 14 rings (SSSR count). The number of carbonyl (C=O) groups is 14. The zero-order valence-corrected chi connectivity index (χ0v) is 65.7. The number of rotatable bonds is 21. The largest absolute Gasteiger partial charge is 0.481 e. The number of aromatic amines is 3. The van der Waals surface area contributed by atoms with Crippen LogP contribution in [0.15, 0.2) is 224 Å². The highest BCUT2D eigenvalue weighted by Crippen LogP contribution is 2.35. The van der Waals surface area contributed by atoms with Crippen LogP contribution in [0.1, 0.15) is 119 Å². The first kappa shape index (κ1) is 85.8. The lowest BCUT2D eigenvalue weighted by molar-refractivity contribution is -0.140. The van der Waals surface area contributed by atoms with Gasteiger partial charge in [-0.25, -0.2) is 38.5 Å². The van der Waals surface area contributed by atoms with Crippen LogP contribution in [-0.2, 0) is 24.0 Å². The highest BCUT2D eigenvalue weighted by atomic mass is 16.4. The van der Waals surface area contributed by atoms with E-state index in [2.05, 4.69) is 56.5 Å². The summed E-state index contributed by atoms with van der Waals surface area (Å²) in [6, 6.07) is 50.3. The number of piperidine rings is 2. The summed E-state index contributed by atoms with van der Waals surface area (Å²) >= 11 is 0. The lowest BCUT2D eigenvalue weighted by Crippen LogP contribution is -2.56. The van der Waals surface area contributed by atoms with E-state index in [0.717, 1.165) is 22.3 Å². The maximum Gasteiger partial charge on any atom is 0.337 e. The number of anilines is 5. The number of likely N-dealkylation sites (tertiary alicyclic amines) is 2. The number of aliphatic carboxylic acids is 2. The second-order valence-electron chi connectivity index (χ2n) is 28.5. The predicted octanol–water partition coefficient (Wildman–Crippen LogP) is 13.5. The first-order chi connectivity index (χ1) is 59.3. The topological polar surface area (TPSA) is 461 Å². The van der Waals surface area contributed by atoms with Gasteiger partial charge in [0.1, 0.15) is 6.04 Å². The number of amides is 10. The van der Waals surface area contributed by atoms with Gasteiger partial charge in [0, 0.05) is 98.6 Å². The number of carboxylic acid groups (broad SMARTS) is 4. The van der Waals surface area contributed by atoms with E-state index in [0.29, 0.717) is 126 Å². The van der Waals surface area contributed by atoms with Crippen molar-refractivity contribution < 1.29 is 87.5 Å². The third-order valence-electron chi connectivity index (χ3n) is 20.8. The molecule has 3 fully saturated rings. The fourth-order valence-corrected chi connectivity index (χ4v) is 14.6. The predicted molar refractivity (Wildman–Crippen MR) is 455 cm³/mol. The van der Waals surface area contributed by atoms with E-state index in [9.17, 15) is 82.4 Å². The Morgan fingerprint density at radius 3 is 1.11 bits per heavy atom. The first-order valence-electron chi connectivity index (χ1n) is 38.6. The molecule has 2 atom stereocenters. The van der Waals surface area contributed by atoms with E-state index in [1.807, 2.05) is 66.7 Å². The molecule has 10 amide bonds. The van der Waals surface area contributed by atoms with Gasteiger partial charge in [0.15, 0.2) is 11.4 Å². The molecular weight excluding hydrogens is 1580 g/mol. The van der Waals surface area contributed by atoms with Gasteiger partial charge in [0.2, 0.25) is 0 Å². The standard InChI is InChI=1S/C31H25N5O5.C30H27N5O6.C29H27N5O7/c1-32-26(19-8-3-2-4-9-19)20-14-16-36(17-15-20)29(38)28(37)23-18-33-27-21(23)11-7-13-25(27)35-31(41)34-24-12-6-5-10-22(24)30(39)40;1-18-17-34(27(37)19-8-3-2-4-9-19)14-15-35(18)28(38)26(36)22-16-31-25-20(22)11-7-13-24(25)33-30(41)32-23-12-6-5-10-21(23)29(39)40;1-30-24(17-6-3-2-4-7-17)18-12-14-34(15-13-18)27(38)26(37)20-16-31-25-19(20)8-5-9-21(25)32-29(41)33-22(28(39)40)10-11-23(35)36/h2-13,18,33H,14-17H2,(H,39,40)(H2,34,35,41);2-13,16,18,31H,14-15,17H2,1H3,(H,39,40)(H2,32,33,41);2-9,16,22,31H,10-15H2,(H,35,36)(H,39,40)(H2,32,33,41)/t;18-;/m.1./s1. The number of benzene rings is 8. The highest BCUT2D eigenvalue weighted by Gasteiger charge is 2.36. The van der Waals surface area contributed by atoms with Crippen molar-refractivity contribution in [3.8, 4) is 0 Å². The number of carbonyl (C=O) groups excluding carboxylic acids is 10. The number of hydrogen-bond donors (Lipinski definition) is 13. The van der Waals surface area contributed by atoms with Gasteiger partial charge in [-0.15, -0.1) is 0 Å². The van der Waals surface area contributed by atoms with Crippen LogP contribution in [0.3, 0.4) is 0 Å². The maximum absolute atomic E-state index is 13.3. The molecule has 8 aromatic carbocycles. The molecule has 33 nitrogen and oxygen atoms in total. The van der Waals surface area contributed by atoms with E-state index in [-0.39, 0.29) is 69.8 Å². The lowest BCUT2D eigenvalue weighted by atomic mass is 9.97. The summed E-state index contributed by atoms with van der Waals surface area (Å²) in [7, 11) is 0. The minimum atomic E-state index is -1.41. The molecule has 0 radical (unpaired) electrons. The smallest absolute Gasteiger partial charge is 0.337 e. The molecule has 123 heavy (non-hydrogen) atoms. The number of H-pyrrole nitrogens is 3. The third kappa shape index (κ3) is 20.2. The van der Waals surface area contributed by atoms with Crippen molar-refractivity contribution >= 4 is 155 Å². The quantitative estimate of drug-likeness (QED) is 0.0180. The van der Waals surface area contributed by atoms with E-state index in [1.54, 1.807) is 109 Å².